The molecule has 0 radical (unpaired) electrons. The van der Waals surface area contributed by atoms with Gasteiger partial charge < -0.3 is 10.0 Å². The Morgan fingerprint density at radius 2 is 2.30 bits per heavy atom. The highest BCUT2D eigenvalue weighted by atomic mass is 16.4. The Kier molecular flexibility index (Phi) is 4.37. The lowest BCUT2D eigenvalue weighted by molar-refractivity contribution is -0.146. The maximum absolute atomic E-state index is 12.2. The van der Waals surface area contributed by atoms with E-state index in [1.165, 1.54) is 0 Å². The van der Waals surface area contributed by atoms with E-state index >= 15 is 0 Å². The van der Waals surface area contributed by atoms with E-state index in [9.17, 15) is 14.7 Å². The molecular formula is C15H20N2O3. The lowest BCUT2D eigenvalue weighted by Gasteiger charge is -2.33. The molecule has 108 valence electrons. The lowest BCUT2D eigenvalue weighted by Crippen LogP contribution is -2.39. The molecular weight excluding hydrogens is 256 g/mol. The number of carboxylic acids is 1. The van der Waals surface area contributed by atoms with E-state index in [1.807, 2.05) is 19.9 Å². The molecule has 2 unspecified atom stereocenters. The summed E-state index contributed by atoms with van der Waals surface area (Å²) in [5.74, 6) is -1.37. The number of aliphatic carboxylic acids is 1. The number of carboxylic acid groups (broad SMARTS) is 1. The first kappa shape index (κ1) is 14.5. The van der Waals surface area contributed by atoms with Gasteiger partial charge in [0.05, 0.1) is 12.0 Å². The fourth-order valence-corrected chi connectivity index (χ4v) is 2.95. The van der Waals surface area contributed by atoms with Gasteiger partial charge in [-0.3, -0.25) is 14.6 Å². The number of hydrogen-bond acceptors (Lipinski definition) is 3. The van der Waals surface area contributed by atoms with Crippen LogP contribution in [0.3, 0.4) is 0 Å². The lowest BCUT2D eigenvalue weighted by atomic mass is 9.88. The molecule has 2 rings (SSSR count). The fraction of sp³-hybridized carbons (Fsp3) is 0.533. The molecule has 1 fully saturated rings. The summed E-state index contributed by atoms with van der Waals surface area (Å²) >= 11 is 0. The van der Waals surface area contributed by atoms with Gasteiger partial charge in [0.15, 0.2) is 0 Å². The van der Waals surface area contributed by atoms with Crippen LogP contribution in [-0.2, 0) is 9.59 Å². The van der Waals surface area contributed by atoms with E-state index in [2.05, 4.69) is 4.98 Å². The molecule has 1 aliphatic heterocycles. The first-order valence-corrected chi connectivity index (χ1v) is 6.99. The first-order valence-electron chi connectivity index (χ1n) is 6.99. The number of rotatable bonds is 3. The molecule has 0 bridgehead atoms. The van der Waals surface area contributed by atoms with Gasteiger partial charge in [0.1, 0.15) is 0 Å². The third kappa shape index (κ3) is 2.66. The molecule has 2 atom stereocenters. The summed E-state index contributed by atoms with van der Waals surface area (Å²) in [7, 11) is 0. The predicted octanol–water partition coefficient (Wildman–Crippen LogP) is 2.16. The number of carbonyl (C=O) groups is 2. The van der Waals surface area contributed by atoms with Crippen molar-refractivity contribution in [3.8, 4) is 0 Å². The average Bonchev–Trinajstić information content (AvgIpc) is 2.58. The molecule has 1 N–H and O–H groups in total. The number of pyridine rings is 1. The minimum Gasteiger partial charge on any atom is -0.481 e. The van der Waals surface area contributed by atoms with Gasteiger partial charge in [0.25, 0.3) is 0 Å². The van der Waals surface area contributed by atoms with E-state index in [-0.39, 0.29) is 5.91 Å². The van der Waals surface area contributed by atoms with Crippen LogP contribution in [0.25, 0.3) is 0 Å². The van der Waals surface area contributed by atoms with Crippen LogP contribution in [0.4, 0.5) is 0 Å². The largest absolute Gasteiger partial charge is 0.481 e. The normalized spacial score (nSPS) is 23.5. The number of amides is 1. The second-order valence-electron chi connectivity index (χ2n) is 5.19. The number of carbonyl (C=O) groups excluding carboxylic acids is 1. The molecule has 1 aromatic heterocycles. The van der Waals surface area contributed by atoms with Crippen LogP contribution in [0.1, 0.15) is 43.4 Å². The van der Waals surface area contributed by atoms with E-state index < -0.39 is 17.9 Å². The van der Waals surface area contributed by atoms with Crippen LogP contribution in [-0.4, -0.2) is 33.4 Å². The number of hydrogen-bond donors (Lipinski definition) is 1. The van der Waals surface area contributed by atoms with E-state index in [4.69, 9.17) is 0 Å². The second-order valence-corrected chi connectivity index (χ2v) is 5.19. The van der Waals surface area contributed by atoms with Gasteiger partial charge in [-0.15, -0.1) is 0 Å². The molecule has 5 nitrogen and oxygen atoms in total. The van der Waals surface area contributed by atoms with Gasteiger partial charge >= 0.3 is 5.97 Å². The first-order chi connectivity index (χ1) is 9.56. The third-order valence-corrected chi connectivity index (χ3v) is 4.00. The minimum absolute atomic E-state index is 0.0319. The van der Waals surface area contributed by atoms with Gasteiger partial charge in [0, 0.05) is 25.4 Å². The van der Waals surface area contributed by atoms with Crippen molar-refractivity contribution in [3.05, 3.63) is 29.6 Å². The number of aromatic nitrogens is 1. The SMILES string of the molecule is CCN1C(=O)CCCC(C(=O)O)C1c1cnccc1C. The van der Waals surface area contributed by atoms with Gasteiger partial charge in [-0.2, -0.15) is 0 Å². The molecule has 0 aliphatic carbocycles. The minimum atomic E-state index is -0.841. The predicted molar refractivity (Wildman–Crippen MR) is 74.1 cm³/mol. The topological polar surface area (TPSA) is 70.5 Å². The van der Waals surface area contributed by atoms with Gasteiger partial charge in [0.2, 0.25) is 5.91 Å². The summed E-state index contributed by atoms with van der Waals surface area (Å²) in [6.07, 6.45) is 4.95. The highest BCUT2D eigenvalue weighted by Gasteiger charge is 2.38. The molecule has 20 heavy (non-hydrogen) atoms. The number of nitrogens with zero attached hydrogens (tertiary/aromatic N) is 2. The van der Waals surface area contributed by atoms with Crippen LogP contribution >= 0.6 is 0 Å². The quantitative estimate of drug-likeness (QED) is 0.918. The summed E-state index contributed by atoms with van der Waals surface area (Å²) in [6.45, 7) is 4.33. The molecule has 1 amide bonds. The smallest absolute Gasteiger partial charge is 0.308 e. The molecule has 0 spiro atoms. The van der Waals surface area contributed by atoms with Gasteiger partial charge in [-0.05, 0) is 43.9 Å². The summed E-state index contributed by atoms with van der Waals surface area (Å²) in [5.41, 5.74) is 1.82. The van der Waals surface area contributed by atoms with Crippen molar-refractivity contribution >= 4 is 11.9 Å². The van der Waals surface area contributed by atoms with Crippen molar-refractivity contribution in [2.75, 3.05) is 6.54 Å². The van der Waals surface area contributed by atoms with E-state index in [0.717, 1.165) is 11.1 Å². The number of aryl methyl sites for hydroxylation is 1. The molecule has 0 saturated carbocycles. The van der Waals surface area contributed by atoms with Crippen molar-refractivity contribution in [1.82, 2.24) is 9.88 Å². The van der Waals surface area contributed by atoms with Crippen molar-refractivity contribution in [2.45, 2.75) is 39.2 Å². The highest BCUT2D eigenvalue weighted by molar-refractivity contribution is 5.79. The highest BCUT2D eigenvalue weighted by Crippen LogP contribution is 2.36. The molecule has 1 aliphatic rings. The van der Waals surface area contributed by atoms with E-state index in [1.54, 1.807) is 17.3 Å². The average molecular weight is 276 g/mol. The Hall–Kier alpha value is -1.91. The maximum atomic E-state index is 12.2. The number of likely N-dealkylation sites (tertiary alicyclic amines) is 1. The molecule has 0 aromatic carbocycles. The summed E-state index contributed by atoms with van der Waals surface area (Å²) < 4.78 is 0. The Bertz CT molecular complexity index is 514. The molecule has 5 heteroatoms. The molecule has 1 saturated heterocycles. The van der Waals surface area contributed by atoms with E-state index in [0.29, 0.717) is 25.8 Å². The van der Waals surface area contributed by atoms with Crippen molar-refractivity contribution in [1.29, 1.82) is 0 Å². The van der Waals surface area contributed by atoms with Crippen molar-refractivity contribution in [3.63, 3.8) is 0 Å². The zero-order chi connectivity index (χ0) is 14.7. The van der Waals surface area contributed by atoms with Crippen LogP contribution in [0.2, 0.25) is 0 Å². The zero-order valence-electron chi connectivity index (χ0n) is 11.9. The molecule has 1 aromatic rings. The monoisotopic (exact) mass is 276 g/mol. The molecule has 2 heterocycles. The Morgan fingerprint density at radius 1 is 1.55 bits per heavy atom. The van der Waals surface area contributed by atoms with Crippen molar-refractivity contribution in [2.24, 2.45) is 5.92 Å². The third-order valence-electron chi connectivity index (χ3n) is 4.00. The zero-order valence-corrected chi connectivity index (χ0v) is 11.9. The van der Waals surface area contributed by atoms with Crippen molar-refractivity contribution < 1.29 is 14.7 Å². The van der Waals surface area contributed by atoms with Gasteiger partial charge in [-0.25, -0.2) is 0 Å². The summed E-state index contributed by atoms with van der Waals surface area (Å²) in [4.78, 5) is 29.6. The standard InChI is InChI=1S/C15H20N2O3/c1-3-17-13(18)6-4-5-11(15(19)20)14(17)12-9-16-8-7-10(12)2/h7-9,11,14H,3-6H2,1-2H3,(H,19,20). The van der Waals surface area contributed by atoms with Crippen LogP contribution < -0.4 is 0 Å². The van der Waals surface area contributed by atoms with Gasteiger partial charge in [-0.1, -0.05) is 0 Å². The summed E-state index contributed by atoms with van der Waals surface area (Å²) in [6, 6.07) is 1.44. The summed E-state index contributed by atoms with van der Waals surface area (Å²) in [5, 5.41) is 9.53. The Balaban J connectivity index is 2.51. The van der Waals surface area contributed by atoms with Crippen LogP contribution in [0.15, 0.2) is 18.5 Å². The second kappa shape index (κ2) is 6.03. The van der Waals surface area contributed by atoms with Crippen LogP contribution in [0.5, 0.6) is 0 Å². The van der Waals surface area contributed by atoms with Crippen LogP contribution in [0, 0.1) is 12.8 Å². The Morgan fingerprint density at radius 3 is 2.90 bits per heavy atom. The maximum Gasteiger partial charge on any atom is 0.308 e. The fourth-order valence-electron chi connectivity index (χ4n) is 2.95. The Labute approximate surface area is 118 Å².